The number of ether oxygens (including phenoxy) is 1. The Morgan fingerprint density at radius 1 is 1.29 bits per heavy atom. The van der Waals surface area contributed by atoms with Crippen molar-refractivity contribution < 1.29 is 14.5 Å². The minimum atomic E-state index is -0.513. The van der Waals surface area contributed by atoms with Gasteiger partial charge in [-0.3, -0.25) is 10.1 Å². The van der Waals surface area contributed by atoms with Crippen LogP contribution in [-0.2, 0) is 9.53 Å². The van der Waals surface area contributed by atoms with Crippen LogP contribution in [0.25, 0.3) is 12.2 Å². The van der Waals surface area contributed by atoms with Crippen molar-refractivity contribution in [2.75, 3.05) is 0 Å². The summed E-state index contributed by atoms with van der Waals surface area (Å²) in [7, 11) is 0. The molecule has 6 nitrogen and oxygen atoms in total. The van der Waals surface area contributed by atoms with Crippen LogP contribution in [0.1, 0.15) is 16.0 Å². The van der Waals surface area contributed by atoms with Gasteiger partial charge in [-0.25, -0.2) is 9.79 Å². The number of aryl methyl sites for hydroxylation is 1. The van der Waals surface area contributed by atoms with E-state index in [0.29, 0.717) is 5.56 Å². The Kier molecular flexibility index (Phi) is 4.35. The van der Waals surface area contributed by atoms with Crippen molar-refractivity contribution in [1.29, 1.82) is 0 Å². The van der Waals surface area contributed by atoms with E-state index in [1.807, 2.05) is 18.4 Å². The number of hydrogen-bond donors (Lipinski definition) is 0. The molecule has 1 aromatic carbocycles. The Labute approximate surface area is 141 Å². The minimum absolute atomic E-state index is 0.00346. The zero-order valence-electron chi connectivity index (χ0n) is 12.6. The molecule has 1 aliphatic rings. The molecule has 0 atom stereocenters. The fourth-order valence-electron chi connectivity index (χ4n) is 2.06. The number of nitrogens with zero attached hydrogens (tertiary/aromatic N) is 2. The lowest BCUT2D eigenvalue weighted by molar-refractivity contribution is -0.384. The first-order valence-electron chi connectivity index (χ1n) is 7.02. The Balaban J connectivity index is 1.81. The van der Waals surface area contributed by atoms with Gasteiger partial charge in [0, 0.05) is 23.1 Å². The van der Waals surface area contributed by atoms with Crippen LogP contribution in [-0.4, -0.2) is 16.8 Å². The summed E-state index contributed by atoms with van der Waals surface area (Å²) in [5.41, 5.74) is 1.92. The average molecular weight is 340 g/mol. The quantitative estimate of drug-likeness (QED) is 0.365. The zero-order valence-corrected chi connectivity index (χ0v) is 13.4. The second-order valence-corrected chi connectivity index (χ2v) is 5.97. The predicted octanol–water partition coefficient (Wildman–Crippen LogP) is 3.97. The molecule has 2 heterocycles. The molecule has 0 spiro atoms. The lowest BCUT2D eigenvalue weighted by Gasteiger charge is -1.94. The second kappa shape index (κ2) is 6.59. The Morgan fingerprint density at radius 2 is 2.12 bits per heavy atom. The van der Waals surface area contributed by atoms with E-state index in [9.17, 15) is 14.9 Å². The molecule has 0 bridgehead atoms. The van der Waals surface area contributed by atoms with Crippen molar-refractivity contribution in [1.82, 2.24) is 0 Å². The van der Waals surface area contributed by atoms with E-state index >= 15 is 0 Å². The first-order chi connectivity index (χ1) is 11.5. The summed E-state index contributed by atoms with van der Waals surface area (Å²) in [6.07, 6.45) is 4.81. The van der Waals surface area contributed by atoms with Crippen LogP contribution < -0.4 is 0 Å². The number of aliphatic imine (C=N–C) groups is 1. The number of hydrogen-bond acceptors (Lipinski definition) is 6. The van der Waals surface area contributed by atoms with Gasteiger partial charge in [0.1, 0.15) is 0 Å². The van der Waals surface area contributed by atoms with Crippen LogP contribution >= 0.6 is 11.3 Å². The number of benzene rings is 1. The molecule has 0 amide bonds. The van der Waals surface area contributed by atoms with Crippen LogP contribution in [0.15, 0.2) is 52.5 Å². The van der Waals surface area contributed by atoms with E-state index in [2.05, 4.69) is 4.99 Å². The highest BCUT2D eigenvalue weighted by atomic mass is 32.1. The molecule has 1 aliphatic heterocycles. The normalized spacial score (nSPS) is 15.8. The second-order valence-electron chi connectivity index (χ2n) is 5.02. The van der Waals surface area contributed by atoms with E-state index in [1.165, 1.54) is 29.5 Å². The number of cyclic esters (lactones) is 1. The van der Waals surface area contributed by atoms with Gasteiger partial charge in [0.15, 0.2) is 5.70 Å². The Hall–Kier alpha value is -3.06. The molecular formula is C17H12N2O4S. The van der Waals surface area contributed by atoms with Gasteiger partial charge in [-0.15, -0.1) is 11.3 Å². The van der Waals surface area contributed by atoms with Gasteiger partial charge in [0.2, 0.25) is 5.90 Å². The molecular weight excluding hydrogens is 328 g/mol. The third-order valence-corrected chi connectivity index (χ3v) is 4.27. The number of thiophene rings is 1. The molecule has 3 rings (SSSR count). The maximum absolute atomic E-state index is 11.9. The van der Waals surface area contributed by atoms with Crippen LogP contribution in [0.3, 0.4) is 0 Å². The molecule has 0 unspecified atom stereocenters. The first kappa shape index (κ1) is 15.8. The standard InChI is InChI=1S/C17H12N2O4S/c1-11-7-8-24-15(11)10-14-17(20)23-16(18-14)6-5-12-3-2-4-13(9-12)19(21)22/h2-10H,1H3/b6-5+,14-10-. The van der Waals surface area contributed by atoms with Crippen molar-refractivity contribution in [2.24, 2.45) is 4.99 Å². The largest absolute Gasteiger partial charge is 0.403 e. The van der Waals surface area contributed by atoms with Gasteiger partial charge in [-0.05, 0) is 41.6 Å². The topological polar surface area (TPSA) is 81.8 Å². The van der Waals surface area contributed by atoms with E-state index in [4.69, 9.17) is 4.74 Å². The van der Waals surface area contributed by atoms with E-state index in [1.54, 1.807) is 24.3 Å². The summed E-state index contributed by atoms with van der Waals surface area (Å²) in [4.78, 5) is 27.3. The summed E-state index contributed by atoms with van der Waals surface area (Å²) in [5, 5.41) is 12.7. The van der Waals surface area contributed by atoms with Gasteiger partial charge in [-0.1, -0.05) is 12.1 Å². The number of carbonyl (C=O) groups excluding carboxylic acids is 1. The summed E-state index contributed by atoms with van der Waals surface area (Å²) < 4.78 is 5.09. The molecule has 0 N–H and O–H groups in total. The van der Waals surface area contributed by atoms with Crippen molar-refractivity contribution in [3.8, 4) is 0 Å². The van der Waals surface area contributed by atoms with Gasteiger partial charge in [-0.2, -0.15) is 0 Å². The lowest BCUT2D eigenvalue weighted by Crippen LogP contribution is -2.01. The maximum atomic E-state index is 11.9. The highest BCUT2D eigenvalue weighted by Gasteiger charge is 2.21. The number of nitro groups is 1. The molecule has 0 saturated carbocycles. The number of nitro benzene ring substituents is 1. The zero-order chi connectivity index (χ0) is 17.1. The van der Waals surface area contributed by atoms with Crippen molar-refractivity contribution in [2.45, 2.75) is 6.92 Å². The first-order valence-corrected chi connectivity index (χ1v) is 7.90. The number of non-ortho nitro benzene ring substituents is 1. The lowest BCUT2D eigenvalue weighted by atomic mass is 10.2. The van der Waals surface area contributed by atoms with E-state index in [-0.39, 0.29) is 17.3 Å². The minimum Gasteiger partial charge on any atom is -0.403 e. The predicted molar refractivity (Wildman–Crippen MR) is 92.7 cm³/mol. The number of carbonyl (C=O) groups is 1. The van der Waals surface area contributed by atoms with Gasteiger partial charge >= 0.3 is 5.97 Å². The molecule has 120 valence electrons. The monoisotopic (exact) mass is 340 g/mol. The number of rotatable bonds is 4. The third-order valence-electron chi connectivity index (χ3n) is 3.31. The molecule has 0 saturated heterocycles. The van der Waals surface area contributed by atoms with Gasteiger partial charge in [0.25, 0.3) is 5.69 Å². The van der Waals surface area contributed by atoms with Gasteiger partial charge < -0.3 is 4.74 Å². The fraction of sp³-hybridized carbons (Fsp3) is 0.0588. The Morgan fingerprint density at radius 3 is 2.83 bits per heavy atom. The molecule has 0 aliphatic carbocycles. The highest BCUT2D eigenvalue weighted by Crippen LogP contribution is 2.23. The van der Waals surface area contributed by atoms with E-state index in [0.717, 1.165) is 10.4 Å². The third kappa shape index (κ3) is 3.47. The molecule has 0 radical (unpaired) electrons. The fourth-order valence-corrected chi connectivity index (χ4v) is 2.92. The summed E-state index contributed by atoms with van der Waals surface area (Å²) in [5.74, 6) is -0.353. The van der Waals surface area contributed by atoms with Crippen LogP contribution in [0, 0.1) is 17.0 Å². The van der Waals surface area contributed by atoms with Crippen molar-refractivity contribution in [3.63, 3.8) is 0 Å². The average Bonchev–Trinajstić information content (AvgIpc) is 3.12. The van der Waals surface area contributed by atoms with Gasteiger partial charge in [0.05, 0.1) is 4.92 Å². The van der Waals surface area contributed by atoms with Crippen molar-refractivity contribution in [3.05, 3.63) is 73.6 Å². The maximum Gasteiger partial charge on any atom is 0.363 e. The molecule has 0 fully saturated rings. The molecule has 2 aromatic rings. The van der Waals surface area contributed by atoms with Crippen LogP contribution in [0.5, 0.6) is 0 Å². The van der Waals surface area contributed by atoms with Crippen molar-refractivity contribution >= 4 is 41.0 Å². The summed E-state index contributed by atoms with van der Waals surface area (Å²) in [6.45, 7) is 1.95. The molecule has 7 heteroatoms. The summed E-state index contributed by atoms with van der Waals surface area (Å²) >= 11 is 1.52. The van der Waals surface area contributed by atoms with E-state index < -0.39 is 10.9 Å². The van der Waals surface area contributed by atoms with Crippen LogP contribution in [0.2, 0.25) is 0 Å². The number of esters is 1. The molecule has 1 aromatic heterocycles. The molecule has 24 heavy (non-hydrogen) atoms. The summed E-state index contributed by atoms with van der Waals surface area (Å²) in [6, 6.07) is 8.11. The van der Waals surface area contributed by atoms with Crippen LogP contribution in [0.4, 0.5) is 5.69 Å². The smallest absolute Gasteiger partial charge is 0.363 e. The SMILES string of the molecule is Cc1ccsc1/C=C1N=C(/C=C/c2cccc([N+](=O)[O-])c2)OC\1=O. The highest BCUT2D eigenvalue weighted by molar-refractivity contribution is 7.11. The Bertz CT molecular complexity index is 909.